The monoisotopic (exact) mass is 349 g/mol. The molecule has 1 rings (SSSR count). The van der Waals surface area contributed by atoms with Gasteiger partial charge in [0, 0.05) is 16.3 Å². The van der Waals surface area contributed by atoms with Gasteiger partial charge < -0.3 is 10.2 Å². The lowest BCUT2D eigenvalue weighted by Gasteiger charge is -2.03. The summed E-state index contributed by atoms with van der Waals surface area (Å²) in [5, 5.41) is 18.3. The molecular formula is C10H9Br2NO3. The fraction of sp³-hybridized carbons (Fsp3) is 0.200. The van der Waals surface area contributed by atoms with E-state index in [0.717, 1.165) is 4.47 Å². The van der Waals surface area contributed by atoms with Crippen LogP contribution in [0.1, 0.15) is 12.5 Å². The van der Waals surface area contributed by atoms with E-state index in [9.17, 15) is 9.90 Å². The average Bonchev–Trinajstić information content (AvgIpc) is 2.20. The van der Waals surface area contributed by atoms with Crippen LogP contribution < -0.4 is 0 Å². The van der Waals surface area contributed by atoms with Crippen molar-refractivity contribution in [2.75, 3.05) is 0 Å². The second kappa shape index (κ2) is 5.45. The minimum absolute atomic E-state index is 0.0320. The summed E-state index contributed by atoms with van der Waals surface area (Å²) < 4.78 is 1.29. The third-order valence-electron chi connectivity index (χ3n) is 1.85. The van der Waals surface area contributed by atoms with E-state index in [1.165, 1.54) is 13.1 Å². The molecule has 0 aliphatic heterocycles. The van der Waals surface area contributed by atoms with Crippen molar-refractivity contribution in [1.29, 1.82) is 0 Å². The Morgan fingerprint density at radius 3 is 2.69 bits per heavy atom. The number of hydrogen-bond donors (Lipinski definition) is 2. The van der Waals surface area contributed by atoms with Gasteiger partial charge in [-0.1, -0.05) is 15.9 Å². The standard InChI is InChI=1S/C10H9Br2NO3/c1-5(10(15)16)13-4-6-2-7(11)3-8(12)9(6)14/h2-5,14H,1H3,(H,15,16). The van der Waals surface area contributed by atoms with Crippen molar-refractivity contribution in [2.45, 2.75) is 13.0 Å². The van der Waals surface area contributed by atoms with Gasteiger partial charge in [-0.05, 0) is 35.0 Å². The number of nitrogens with zero attached hydrogens (tertiary/aromatic N) is 1. The van der Waals surface area contributed by atoms with E-state index in [0.29, 0.717) is 10.0 Å². The molecule has 0 bridgehead atoms. The fourth-order valence-electron chi connectivity index (χ4n) is 0.940. The molecular weight excluding hydrogens is 342 g/mol. The molecule has 1 aromatic rings. The highest BCUT2D eigenvalue weighted by Crippen LogP contribution is 2.30. The van der Waals surface area contributed by atoms with Gasteiger partial charge in [-0.2, -0.15) is 0 Å². The largest absolute Gasteiger partial charge is 0.506 e. The lowest BCUT2D eigenvalue weighted by Crippen LogP contribution is -2.13. The minimum Gasteiger partial charge on any atom is -0.506 e. The van der Waals surface area contributed by atoms with E-state index in [1.54, 1.807) is 12.1 Å². The van der Waals surface area contributed by atoms with E-state index in [4.69, 9.17) is 5.11 Å². The summed E-state index contributed by atoms with van der Waals surface area (Å²) in [6, 6.07) is 2.50. The summed E-state index contributed by atoms with van der Waals surface area (Å²) in [6.07, 6.45) is 1.34. The first kappa shape index (κ1) is 13.2. The normalized spacial score (nSPS) is 12.9. The molecule has 6 heteroatoms. The molecule has 1 atom stereocenters. The minimum atomic E-state index is -1.01. The molecule has 0 aliphatic rings. The van der Waals surface area contributed by atoms with Crippen LogP contribution >= 0.6 is 31.9 Å². The van der Waals surface area contributed by atoms with Crippen LogP contribution in [0.4, 0.5) is 0 Å². The number of aliphatic carboxylic acids is 1. The lowest BCUT2D eigenvalue weighted by atomic mass is 10.2. The molecule has 0 aromatic heterocycles. The van der Waals surface area contributed by atoms with E-state index < -0.39 is 12.0 Å². The second-order valence-electron chi connectivity index (χ2n) is 3.12. The number of carboxylic acids is 1. The quantitative estimate of drug-likeness (QED) is 0.823. The number of rotatable bonds is 3. The highest BCUT2D eigenvalue weighted by Gasteiger charge is 2.09. The Kier molecular flexibility index (Phi) is 4.49. The molecule has 0 saturated heterocycles. The molecule has 0 fully saturated rings. The van der Waals surface area contributed by atoms with Crippen molar-refractivity contribution in [2.24, 2.45) is 4.99 Å². The number of carbonyl (C=O) groups is 1. The molecule has 0 spiro atoms. The van der Waals surface area contributed by atoms with Gasteiger partial charge >= 0.3 is 5.97 Å². The van der Waals surface area contributed by atoms with Crippen LogP contribution in [0.3, 0.4) is 0 Å². The van der Waals surface area contributed by atoms with Crippen molar-refractivity contribution < 1.29 is 15.0 Å². The first-order valence-electron chi connectivity index (χ1n) is 4.36. The Labute approximate surface area is 109 Å². The number of phenols is 1. The molecule has 16 heavy (non-hydrogen) atoms. The SMILES string of the molecule is CC(N=Cc1cc(Br)cc(Br)c1O)C(=O)O. The van der Waals surface area contributed by atoms with Gasteiger partial charge in [0.1, 0.15) is 11.8 Å². The maximum absolute atomic E-state index is 10.5. The summed E-state index contributed by atoms with van der Waals surface area (Å²) in [4.78, 5) is 14.4. The third kappa shape index (κ3) is 3.31. The number of hydrogen-bond acceptors (Lipinski definition) is 3. The van der Waals surface area contributed by atoms with Crippen LogP contribution in [0, 0.1) is 0 Å². The molecule has 2 N–H and O–H groups in total. The van der Waals surface area contributed by atoms with E-state index in [1.807, 2.05) is 0 Å². The van der Waals surface area contributed by atoms with Gasteiger partial charge in [0.25, 0.3) is 0 Å². The Morgan fingerprint density at radius 1 is 1.50 bits per heavy atom. The molecule has 0 saturated carbocycles. The number of aromatic hydroxyl groups is 1. The molecule has 0 aliphatic carbocycles. The van der Waals surface area contributed by atoms with Crippen molar-refractivity contribution in [3.8, 4) is 5.75 Å². The molecule has 0 radical (unpaired) electrons. The van der Waals surface area contributed by atoms with Crippen LogP contribution in [-0.4, -0.2) is 28.4 Å². The van der Waals surface area contributed by atoms with Gasteiger partial charge in [-0.25, -0.2) is 4.79 Å². The first-order chi connectivity index (χ1) is 7.41. The van der Waals surface area contributed by atoms with E-state index >= 15 is 0 Å². The van der Waals surface area contributed by atoms with Crippen LogP contribution in [0.15, 0.2) is 26.1 Å². The molecule has 0 heterocycles. The van der Waals surface area contributed by atoms with Crippen molar-refractivity contribution in [1.82, 2.24) is 0 Å². The predicted octanol–water partition coefficient (Wildman–Crippen LogP) is 2.81. The third-order valence-corrected chi connectivity index (χ3v) is 2.91. The van der Waals surface area contributed by atoms with E-state index in [-0.39, 0.29) is 5.75 Å². The van der Waals surface area contributed by atoms with Gasteiger partial charge in [0.05, 0.1) is 4.47 Å². The van der Waals surface area contributed by atoms with Gasteiger partial charge in [-0.3, -0.25) is 4.99 Å². The Morgan fingerprint density at radius 2 is 2.12 bits per heavy atom. The van der Waals surface area contributed by atoms with Gasteiger partial charge in [0.2, 0.25) is 0 Å². The Balaban J connectivity index is 3.01. The Hall–Kier alpha value is -0.880. The molecule has 1 aromatic carbocycles. The summed E-state index contributed by atoms with van der Waals surface area (Å²) in [6.45, 7) is 1.46. The summed E-state index contributed by atoms with van der Waals surface area (Å²) >= 11 is 6.44. The molecule has 86 valence electrons. The number of aliphatic imine (C=N–C) groups is 1. The molecule has 1 unspecified atom stereocenters. The van der Waals surface area contributed by atoms with Crippen LogP contribution in [0.25, 0.3) is 0 Å². The predicted molar refractivity (Wildman–Crippen MR) is 68.2 cm³/mol. The first-order valence-corrected chi connectivity index (χ1v) is 5.94. The Bertz CT molecular complexity index is 446. The van der Waals surface area contributed by atoms with Crippen molar-refractivity contribution in [3.63, 3.8) is 0 Å². The summed E-state index contributed by atoms with van der Waals surface area (Å²) in [5.41, 5.74) is 0.453. The lowest BCUT2D eigenvalue weighted by molar-refractivity contribution is -0.137. The number of carboxylic acid groups (broad SMARTS) is 1. The average molecular weight is 351 g/mol. The van der Waals surface area contributed by atoms with Crippen molar-refractivity contribution in [3.05, 3.63) is 26.6 Å². The zero-order valence-electron chi connectivity index (χ0n) is 8.32. The smallest absolute Gasteiger partial charge is 0.328 e. The highest BCUT2D eigenvalue weighted by atomic mass is 79.9. The van der Waals surface area contributed by atoms with E-state index in [2.05, 4.69) is 36.9 Å². The second-order valence-corrected chi connectivity index (χ2v) is 4.89. The fourth-order valence-corrected chi connectivity index (χ4v) is 2.20. The van der Waals surface area contributed by atoms with Crippen LogP contribution in [0.2, 0.25) is 0 Å². The number of benzene rings is 1. The molecule has 4 nitrogen and oxygen atoms in total. The maximum Gasteiger partial charge on any atom is 0.328 e. The topological polar surface area (TPSA) is 69.9 Å². The van der Waals surface area contributed by atoms with Gasteiger partial charge in [0.15, 0.2) is 0 Å². The summed E-state index contributed by atoms with van der Waals surface area (Å²) in [7, 11) is 0. The van der Waals surface area contributed by atoms with Crippen LogP contribution in [-0.2, 0) is 4.79 Å². The van der Waals surface area contributed by atoms with Crippen LogP contribution in [0.5, 0.6) is 5.75 Å². The van der Waals surface area contributed by atoms with Gasteiger partial charge in [-0.15, -0.1) is 0 Å². The zero-order chi connectivity index (χ0) is 12.3. The number of phenolic OH excluding ortho intramolecular Hbond substituents is 1. The molecule has 0 amide bonds. The summed E-state index contributed by atoms with van der Waals surface area (Å²) in [5.74, 6) is -0.977. The maximum atomic E-state index is 10.5. The van der Waals surface area contributed by atoms with Crippen molar-refractivity contribution >= 4 is 44.0 Å². The highest BCUT2D eigenvalue weighted by molar-refractivity contribution is 9.11. The zero-order valence-corrected chi connectivity index (χ0v) is 11.5. The number of halogens is 2.